The summed E-state index contributed by atoms with van der Waals surface area (Å²) in [4.78, 5) is 13.6. The summed E-state index contributed by atoms with van der Waals surface area (Å²) in [5.41, 5.74) is 1.59. The summed E-state index contributed by atoms with van der Waals surface area (Å²) in [6.07, 6.45) is 0. The van der Waals surface area contributed by atoms with Crippen LogP contribution in [0.5, 0.6) is 11.5 Å². The lowest BCUT2D eigenvalue weighted by atomic mass is 9.98. The predicted molar refractivity (Wildman–Crippen MR) is 134 cm³/mol. The molecular formula is C27H22NO6S+. The van der Waals surface area contributed by atoms with Gasteiger partial charge in [-0.3, -0.25) is 4.55 Å². The molecule has 0 amide bonds. The maximum absolute atomic E-state index is 13.6. The first-order valence-electron chi connectivity index (χ1n) is 10.9. The van der Waals surface area contributed by atoms with Gasteiger partial charge in [0.2, 0.25) is 11.0 Å². The van der Waals surface area contributed by atoms with Crippen molar-refractivity contribution in [2.45, 2.75) is 6.54 Å². The third-order valence-electron chi connectivity index (χ3n) is 5.92. The number of nitrogens with zero attached hydrogens (tertiary/aromatic N) is 1. The van der Waals surface area contributed by atoms with Gasteiger partial charge in [0.15, 0.2) is 6.54 Å². The van der Waals surface area contributed by atoms with Gasteiger partial charge >= 0.3 is 5.97 Å². The first-order chi connectivity index (χ1) is 16.8. The molecular weight excluding hydrogens is 466 g/mol. The quantitative estimate of drug-likeness (QED) is 0.124. The van der Waals surface area contributed by atoms with Crippen molar-refractivity contribution in [2.24, 2.45) is 0 Å². The van der Waals surface area contributed by atoms with E-state index in [1.54, 1.807) is 47.0 Å². The normalized spacial score (nSPS) is 11.7. The van der Waals surface area contributed by atoms with E-state index in [1.807, 2.05) is 42.5 Å². The van der Waals surface area contributed by atoms with E-state index in [0.717, 1.165) is 10.8 Å². The highest BCUT2D eigenvalue weighted by Gasteiger charge is 2.27. The summed E-state index contributed by atoms with van der Waals surface area (Å²) in [5, 5.41) is 2.98. The van der Waals surface area contributed by atoms with Gasteiger partial charge in [-0.25, -0.2) is 4.79 Å². The van der Waals surface area contributed by atoms with Crippen molar-refractivity contribution in [1.82, 2.24) is 0 Å². The topological polar surface area (TPSA) is 93.8 Å². The van der Waals surface area contributed by atoms with E-state index >= 15 is 0 Å². The number of esters is 1. The molecule has 0 unspecified atom stereocenters. The first-order valence-corrected chi connectivity index (χ1v) is 12.5. The SMILES string of the molecule is COc1ccc2c(c1)c(C(=O)Oc1ccccc1)c1cc3ccccc3cc1[n+]2CCS(=O)(=O)O. The predicted octanol–water partition coefficient (Wildman–Crippen LogP) is 4.55. The van der Waals surface area contributed by atoms with Crippen molar-refractivity contribution in [1.29, 1.82) is 0 Å². The number of pyridine rings is 1. The fourth-order valence-electron chi connectivity index (χ4n) is 4.32. The Balaban J connectivity index is 1.86. The van der Waals surface area contributed by atoms with Gasteiger partial charge in [0.25, 0.3) is 10.1 Å². The number of rotatable bonds is 6. The molecule has 0 aliphatic carbocycles. The lowest BCUT2D eigenvalue weighted by molar-refractivity contribution is -0.640. The number of ether oxygens (including phenoxy) is 2. The number of fused-ring (bicyclic) bond motifs is 3. The van der Waals surface area contributed by atoms with E-state index in [4.69, 9.17) is 9.47 Å². The van der Waals surface area contributed by atoms with Crippen LogP contribution >= 0.6 is 0 Å². The molecule has 4 aromatic carbocycles. The van der Waals surface area contributed by atoms with Crippen molar-refractivity contribution in [3.63, 3.8) is 0 Å². The minimum absolute atomic E-state index is 0.00941. The highest BCUT2D eigenvalue weighted by molar-refractivity contribution is 7.85. The summed E-state index contributed by atoms with van der Waals surface area (Å²) in [6.45, 7) is -0.00941. The Morgan fingerprint density at radius 1 is 0.829 bits per heavy atom. The van der Waals surface area contributed by atoms with Crippen LogP contribution in [0.15, 0.2) is 84.9 Å². The van der Waals surface area contributed by atoms with E-state index in [9.17, 15) is 17.8 Å². The lowest BCUT2D eigenvalue weighted by Crippen LogP contribution is -2.39. The molecule has 35 heavy (non-hydrogen) atoms. The number of hydrogen-bond acceptors (Lipinski definition) is 5. The Labute approximate surface area is 201 Å². The summed E-state index contributed by atoms with van der Waals surface area (Å²) >= 11 is 0. The highest BCUT2D eigenvalue weighted by Crippen LogP contribution is 2.32. The molecule has 5 rings (SSSR count). The van der Waals surface area contributed by atoms with Crippen molar-refractivity contribution >= 4 is 48.7 Å². The average molecular weight is 489 g/mol. The number of methoxy groups -OCH3 is 1. The molecule has 0 aliphatic rings. The Hall–Kier alpha value is -4.01. The van der Waals surface area contributed by atoms with Gasteiger partial charge in [0.05, 0.1) is 23.4 Å². The van der Waals surface area contributed by atoms with Crippen LogP contribution in [0.2, 0.25) is 0 Å². The van der Waals surface area contributed by atoms with E-state index < -0.39 is 21.8 Å². The molecule has 0 fully saturated rings. The van der Waals surface area contributed by atoms with Gasteiger partial charge < -0.3 is 9.47 Å². The summed E-state index contributed by atoms with van der Waals surface area (Å²) in [7, 11) is -2.69. The van der Waals surface area contributed by atoms with Crippen molar-refractivity contribution in [2.75, 3.05) is 12.9 Å². The maximum atomic E-state index is 13.6. The second-order valence-electron chi connectivity index (χ2n) is 8.11. The van der Waals surface area contributed by atoms with E-state index in [2.05, 4.69) is 0 Å². The number of carbonyl (C=O) groups is 1. The van der Waals surface area contributed by atoms with Gasteiger partial charge in [0, 0.05) is 12.1 Å². The lowest BCUT2D eigenvalue weighted by Gasteiger charge is -2.13. The molecule has 8 heteroatoms. The van der Waals surface area contributed by atoms with Crippen molar-refractivity contribution in [3.05, 3.63) is 90.5 Å². The zero-order valence-electron chi connectivity index (χ0n) is 18.8. The van der Waals surface area contributed by atoms with Crippen LogP contribution < -0.4 is 14.0 Å². The Kier molecular flexibility index (Phi) is 5.84. The standard InChI is InChI=1S/C27H21NO6S/c1-33-21-11-12-24-23(17-21)26(27(29)34-20-9-3-2-4-10-20)22-15-18-7-5-6-8-19(18)16-25(22)28(24)13-14-35(30,31)32/h2-12,15-17H,13-14H2,1H3/p+1. The monoisotopic (exact) mass is 488 g/mol. The molecule has 176 valence electrons. The van der Waals surface area contributed by atoms with Crippen LogP contribution in [0.1, 0.15) is 10.4 Å². The number of benzene rings is 4. The van der Waals surface area contributed by atoms with Crippen LogP contribution in [0.25, 0.3) is 32.6 Å². The Bertz CT molecular complexity index is 1700. The molecule has 5 aromatic rings. The second kappa shape index (κ2) is 8.98. The van der Waals surface area contributed by atoms with Gasteiger partial charge in [-0.2, -0.15) is 13.0 Å². The minimum atomic E-state index is -4.22. The van der Waals surface area contributed by atoms with Gasteiger partial charge in [-0.1, -0.05) is 42.5 Å². The largest absolute Gasteiger partial charge is 0.497 e. The number of aryl methyl sites for hydroxylation is 1. The second-order valence-corrected chi connectivity index (χ2v) is 9.69. The third kappa shape index (κ3) is 4.53. The fourth-order valence-corrected chi connectivity index (χ4v) is 4.73. The molecule has 0 aliphatic heterocycles. The Morgan fingerprint density at radius 3 is 2.17 bits per heavy atom. The molecule has 1 N–H and O–H groups in total. The molecule has 0 spiro atoms. The fraction of sp³-hybridized carbons (Fsp3) is 0.111. The molecule has 0 atom stereocenters. The van der Waals surface area contributed by atoms with Gasteiger partial charge in [-0.05, 0) is 41.1 Å². The van der Waals surface area contributed by atoms with E-state index in [-0.39, 0.29) is 6.54 Å². The first kappa shape index (κ1) is 22.8. The van der Waals surface area contributed by atoms with Crippen LogP contribution in [0.4, 0.5) is 0 Å². The average Bonchev–Trinajstić information content (AvgIpc) is 2.85. The third-order valence-corrected chi connectivity index (χ3v) is 6.62. The van der Waals surface area contributed by atoms with E-state index in [1.165, 1.54) is 7.11 Å². The molecule has 0 radical (unpaired) electrons. The van der Waals surface area contributed by atoms with Gasteiger partial charge in [-0.15, -0.1) is 0 Å². The molecule has 7 nitrogen and oxygen atoms in total. The Morgan fingerprint density at radius 2 is 1.49 bits per heavy atom. The van der Waals surface area contributed by atoms with Crippen LogP contribution in [0.3, 0.4) is 0 Å². The van der Waals surface area contributed by atoms with Crippen LogP contribution in [0, 0.1) is 0 Å². The zero-order chi connectivity index (χ0) is 24.6. The van der Waals surface area contributed by atoms with Crippen LogP contribution in [-0.2, 0) is 16.7 Å². The minimum Gasteiger partial charge on any atom is -0.497 e. The molecule has 0 bridgehead atoms. The summed E-state index contributed by atoms with van der Waals surface area (Å²) < 4.78 is 45.6. The number of hydrogen-bond donors (Lipinski definition) is 1. The van der Waals surface area contributed by atoms with Crippen molar-refractivity contribution in [3.8, 4) is 11.5 Å². The summed E-state index contributed by atoms with van der Waals surface area (Å²) in [5.74, 6) is -0.0795. The summed E-state index contributed by atoms with van der Waals surface area (Å²) in [6, 6.07) is 25.6. The smallest absolute Gasteiger partial charge is 0.345 e. The zero-order valence-corrected chi connectivity index (χ0v) is 19.7. The molecule has 0 saturated heterocycles. The van der Waals surface area contributed by atoms with Gasteiger partial charge in [0.1, 0.15) is 17.3 Å². The molecule has 1 heterocycles. The number of para-hydroxylation sites is 1. The maximum Gasteiger partial charge on any atom is 0.345 e. The molecule has 1 aromatic heterocycles. The molecule has 0 saturated carbocycles. The van der Waals surface area contributed by atoms with Crippen molar-refractivity contribution < 1.29 is 31.8 Å². The van der Waals surface area contributed by atoms with Crippen LogP contribution in [-0.4, -0.2) is 31.8 Å². The number of carbonyl (C=O) groups excluding carboxylic acids is 1. The van der Waals surface area contributed by atoms with E-state index in [0.29, 0.717) is 38.9 Å². The number of aromatic nitrogens is 1. The highest BCUT2D eigenvalue weighted by atomic mass is 32.2.